The van der Waals surface area contributed by atoms with Crippen LogP contribution in [0.1, 0.15) is 37.5 Å². The molecule has 0 fully saturated rings. The van der Waals surface area contributed by atoms with Crippen molar-refractivity contribution in [2.45, 2.75) is 39.8 Å². The number of phenols is 1. The summed E-state index contributed by atoms with van der Waals surface area (Å²) in [4.78, 5) is 2.15. The van der Waals surface area contributed by atoms with Crippen LogP contribution in [0.15, 0.2) is 60.3 Å². The molecule has 33 heavy (non-hydrogen) atoms. The van der Waals surface area contributed by atoms with E-state index in [4.69, 9.17) is 5.73 Å². The van der Waals surface area contributed by atoms with Gasteiger partial charge in [0.25, 0.3) is 0 Å². The van der Waals surface area contributed by atoms with Crippen molar-refractivity contribution < 1.29 is 15.3 Å². The molecule has 0 bridgehead atoms. The SMILES string of the molecule is C.CS.Cc1cccc(N/C=C(\N)c2ccc(CN3CCC=C([C@](C)(O)CO)C3)c(O)c2)c1. The van der Waals surface area contributed by atoms with E-state index < -0.39 is 5.60 Å². The Bertz CT molecular complexity index is 958. The summed E-state index contributed by atoms with van der Waals surface area (Å²) in [6.45, 7) is 5.27. The number of phenolic OH excluding ortho intramolecular Hbond substituents is 1. The number of aliphatic hydroxyl groups is 2. The first-order chi connectivity index (χ1) is 15.3. The quantitative estimate of drug-likeness (QED) is 0.267. The molecule has 3 rings (SSSR count). The minimum atomic E-state index is -1.21. The second-order valence-electron chi connectivity index (χ2n) is 8.12. The van der Waals surface area contributed by atoms with E-state index in [0.29, 0.717) is 18.8 Å². The zero-order valence-corrected chi connectivity index (χ0v) is 19.9. The van der Waals surface area contributed by atoms with E-state index in [1.165, 1.54) is 0 Å². The van der Waals surface area contributed by atoms with Gasteiger partial charge in [0.2, 0.25) is 0 Å². The molecular formula is C26H39N3O3S. The van der Waals surface area contributed by atoms with Crippen molar-refractivity contribution in [1.82, 2.24) is 4.90 Å². The number of nitrogens with two attached hydrogens (primary N) is 1. The first kappa shape index (κ1) is 28.6. The minimum Gasteiger partial charge on any atom is -0.508 e. The molecule has 2 aromatic carbocycles. The topological polar surface area (TPSA) is 102 Å². The molecule has 0 aromatic heterocycles. The summed E-state index contributed by atoms with van der Waals surface area (Å²) in [5, 5.41) is 33.4. The molecular weight excluding hydrogens is 434 g/mol. The third kappa shape index (κ3) is 8.12. The van der Waals surface area contributed by atoms with Crippen LogP contribution in [0.3, 0.4) is 0 Å². The molecule has 1 aliphatic heterocycles. The van der Waals surface area contributed by atoms with Crippen LogP contribution in [0.4, 0.5) is 5.69 Å². The molecule has 6 nitrogen and oxygen atoms in total. The van der Waals surface area contributed by atoms with E-state index in [-0.39, 0.29) is 19.8 Å². The number of benzene rings is 2. The zero-order chi connectivity index (χ0) is 23.7. The molecule has 0 amide bonds. The number of nitrogens with zero attached hydrogens (tertiary/aromatic N) is 1. The van der Waals surface area contributed by atoms with Crippen LogP contribution in [0.2, 0.25) is 0 Å². The fraction of sp³-hybridized carbons (Fsp3) is 0.385. The number of aryl methyl sites for hydroxylation is 1. The van der Waals surface area contributed by atoms with Gasteiger partial charge < -0.3 is 26.4 Å². The second-order valence-corrected chi connectivity index (χ2v) is 8.12. The van der Waals surface area contributed by atoms with Gasteiger partial charge in [0, 0.05) is 42.6 Å². The number of nitrogens with one attached hydrogen (secondary N) is 1. The monoisotopic (exact) mass is 473 g/mol. The smallest absolute Gasteiger partial charge is 0.120 e. The van der Waals surface area contributed by atoms with E-state index >= 15 is 0 Å². The summed E-state index contributed by atoms with van der Waals surface area (Å²) >= 11 is 3.53. The third-order valence-electron chi connectivity index (χ3n) is 5.45. The Hall–Kier alpha value is -2.45. The lowest BCUT2D eigenvalue weighted by molar-refractivity contribution is 0.0247. The van der Waals surface area contributed by atoms with E-state index in [1.54, 1.807) is 25.4 Å². The molecule has 0 spiro atoms. The number of aromatic hydroxyl groups is 1. The van der Waals surface area contributed by atoms with Crippen LogP contribution in [-0.2, 0) is 6.54 Å². The molecule has 0 aliphatic carbocycles. The Kier molecular flexibility index (Phi) is 11.5. The maximum absolute atomic E-state index is 10.5. The largest absolute Gasteiger partial charge is 0.508 e. The van der Waals surface area contributed by atoms with Gasteiger partial charge in [-0.05, 0) is 55.9 Å². The normalized spacial score (nSPS) is 15.9. The predicted molar refractivity (Wildman–Crippen MR) is 142 cm³/mol. The van der Waals surface area contributed by atoms with E-state index in [9.17, 15) is 15.3 Å². The van der Waals surface area contributed by atoms with Crippen LogP contribution in [0, 0.1) is 6.92 Å². The highest BCUT2D eigenvalue weighted by Crippen LogP contribution is 2.27. The Balaban J connectivity index is 0.00000177. The Morgan fingerprint density at radius 2 is 1.97 bits per heavy atom. The second kappa shape index (κ2) is 13.3. The standard InChI is InChI=1S/C24H31N3O3.CH4S.CH4/c1-17-5-3-7-21(11-17)26-13-22(25)18-8-9-19(23(29)12-18)14-27-10-4-6-20(15-27)24(2,30)16-28;1-2;/h3,5-9,11-13,26,28-30H,4,10,14-16,25H2,1-2H3;2H,1H3;1H4/b22-13-;;/t24-;;/m1../s1. The molecule has 6 N–H and O–H groups in total. The van der Waals surface area contributed by atoms with Gasteiger partial charge in [-0.1, -0.05) is 37.8 Å². The highest BCUT2D eigenvalue weighted by molar-refractivity contribution is 7.79. The van der Waals surface area contributed by atoms with Crippen molar-refractivity contribution in [3.8, 4) is 5.75 Å². The fourth-order valence-corrected chi connectivity index (χ4v) is 3.53. The van der Waals surface area contributed by atoms with Crippen molar-refractivity contribution in [3.63, 3.8) is 0 Å². The summed E-state index contributed by atoms with van der Waals surface area (Å²) < 4.78 is 0. The Morgan fingerprint density at radius 1 is 1.24 bits per heavy atom. The molecule has 0 saturated heterocycles. The van der Waals surface area contributed by atoms with Gasteiger partial charge in [0.1, 0.15) is 11.4 Å². The van der Waals surface area contributed by atoms with Crippen molar-refractivity contribution in [2.24, 2.45) is 5.73 Å². The number of aliphatic hydroxyl groups excluding tert-OH is 1. The zero-order valence-electron chi connectivity index (χ0n) is 19.0. The van der Waals surface area contributed by atoms with Crippen LogP contribution < -0.4 is 11.1 Å². The fourth-order valence-electron chi connectivity index (χ4n) is 3.53. The van der Waals surface area contributed by atoms with Gasteiger partial charge in [-0.15, -0.1) is 0 Å². The van der Waals surface area contributed by atoms with Gasteiger partial charge in [-0.2, -0.15) is 12.6 Å². The molecule has 182 valence electrons. The lowest BCUT2D eigenvalue weighted by Crippen LogP contribution is -2.40. The summed E-state index contributed by atoms with van der Waals surface area (Å²) in [6, 6.07) is 13.4. The summed E-state index contributed by atoms with van der Waals surface area (Å²) in [5.74, 6) is 0.185. The van der Waals surface area contributed by atoms with Gasteiger partial charge in [0.15, 0.2) is 0 Å². The maximum Gasteiger partial charge on any atom is 0.120 e. The van der Waals surface area contributed by atoms with Crippen molar-refractivity contribution in [1.29, 1.82) is 0 Å². The Labute approximate surface area is 203 Å². The summed E-state index contributed by atoms with van der Waals surface area (Å²) in [7, 11) is 0. The number of anilines is 1. The lowest BCUT2D eigenvalue weighted by atomic mass is 9.92. The van der Waals surface area contributed by atoms with Crippen molar-refractivity contribution in [2.75, 3.05) is 31.3 Å². The average molecular weight is 474 g/mol. The highest BCUT2D eigenvalue weighted by atomic mass is 32.1. The van der Waals surface area contributed by atoms with Crippen molar-refractivity contribution >= 4 is 24.0 Å². The summed E-state index contributed by atoms with van der Waals surface area (Å²) in [5.41, 5.74) is 9.94. The molecule has 1 heterocycles. The maximum atomic E-state index is 10.5. The molecule has 2 aromatic rings. The number of rotatable bonds is 7. The van der Waals surface area contributed by atoms with Gasteiger partial charge in [0.05, 0.1) is 12.3 Å². The third-order valence-corrected chi connectivity index (χ3v) is 5.45. The number of hydrogen-bond acceptors (Lipinski definition) is 7. The number of thiol groups is 1. The van der Waals surface area contributed by atoms with Crippen LogP contribution in [-0.4, -0.2) is 51.8 Å². The van der Waals surface area contributed by atoms with Gasteiger partial charge in [-0.3, -0.25) is 4.90 Å². The van der Waals surface area contributed by atoms with Crippen LogP contribution in [0.5, 0.6) is 5.75 Å². The molecule has 0 unspecified atom stereocenters. The van der Waals surface area contributed by atoms with E-state index in [0.717, 1.165) is 40.9 Å². The van der Waals surface area contributed by atoms with Crippen molar-refractivity contribution in [3.05, 3.63) is 77.0 Å². The first-order valence-corrected chi connectivity index (χ1v) is 11.5. The first-order valence-electron chi connectivity index (χ1n) is 10.6. The highest BCUT2D eigenvalue weighted by Gasteiger charge is 2.28. The van der Waals surface area contributed by atoms with Gasteiger partial charge >= 0.3 is 0 Å². The minimum absolute atomic E-state index is 0. The van der Waals surface area contributed by atoms with E-state index in [1.807, 2.05) is 49.4 Å². The number of hydrogen-bond donors (Lipinski definition) is 6. The Morgan fingerprint density at radius 3 is 2.61 bits per heavy atom. The molecule has 0 saturated carbocycles. The summed E-state index contributed by atoms with van der Waals surface area (Å²) in [6.07, 6.45) is 6.20. The predicted octanol–water partition coefficient (Wildman–Crippen LogP) is 4.13. The molecule has 7 heteroatoms. The van der Waals surface area contributed by atoms with Gasteiger partial charge in [-0.25, -0.2) is 0 Å². The van der Waals surface area contributed by atoms with Crippen LogP contribution in [0.25, 0.3) is 5.70 Å². The molecule has 1 atom stereocenters. The molecule has 1 aliphatic rings. The van der Waals surface area contributed by atoms with E-state index in [2.05, 4.69) is 22.8 Å². The lowest BCUT2D eigenvalue weighted by Gasteiger charge is -2.33. The average Bonchev–Trinajstić information content (AvgIpc) is 2.80. The van der Waals surface area contributed by atoms with Crippen LogP contribution >= 0.6 is 12.6 Å². The molecule has 0 radical (unpaired) electrons.